The van der Waals surface area contributed by atoms with E-state index in [-0.39, 0.29) is 21.2 Å². The molecule has 0 aliphatic heterocycles. The molecule has 0 fully saturated rings. The Morgan fingerprint density at radius 2 is 1.81 bits per heavy atom. The van der Waals surface area contributed by atoms with Gasteiger partial charge in [-0.25, -0.2) is 23.0 Å². The second kappa shape index (κ2) is 13.2. The summed E-state index contributed by atoms with van der Waals surface area (Å²) in [6.45, 7) is 5.20. The number of sulfonamides is 1. The number of pyridine rings is 1. The molecule has 0 amide bonds. The number of anilines is 2. The molecule has 0 saturated carbocycles. The van der Waals surface area contributed by atoms with E-state index in [4.69, 9.17) is 26.2 Å². The Hall–Kier alpha value is -3.26. The number of benzene rings is 1. The van der Waals surface area contributed by atoms with Gasteiger partial charge in [0.25, 0.3) is 10.0 Å². The predicted octanol–water partition coefficient (Wildman–Crippen LogP) is 4.50. The molecule has 3 N–H and O–H groups in total. The zero-order chi connectivity index (χ0) is 27.7. The van der Waals surface area contributed by atoms with Crippen LogP contribution in [0.2, 0.25) is 5.02 Å². The average molecular weight is 556 g/mol. The molecule has 1 aromatic carbocycles. The van der Waals surface area contributed by atoms with Gasteiger partial charge >= 0.3 is 18.1 Å². The van der Waals surface area contributed by atoms with Crippen LogP contribution in [-0.2, 0) is 14.8 Å². The first kappa shape index (κ1) is 30.8. The van der Waals surface area contributed by atoms with Gasteiger partial charge in [-0.1, -0.05) is 24.9 Å². The van der Waals surface area contributed by atoms with E-state index < -0.39 is 28.1 Å². The quantitative estimate of drug-likeness (QED) is 0.385. The smallest absolute Gasteiger partial charge is 0.490 e. The van der Waals surface area contributed by atoms with Crippen LogP contribution in [0.15, 0.2) is 35.4 Å². The van der Waals surface area contributed by atoms with E-state index in [9.17, 15) is 31.5 Å². The number of hydrogen-bond donors (Lipinski definition) is 3. The van der Waals surface area contributed by atoms with Crippen LogP contribution in [0.25, 0.3) is 0 Å². The third-order valence-corrected chi connectivity index (χ3v) is 6.16. The topological polar surface area (TPSA) is 146 Å². The lowest BCUT2D eigenvalue weighted by Gasteiger charge is -2.23. The molecule has 200 valence electrons. The molecular formula is C21H25ClF3N3O7S. The summed E-state index contributed by atoms with van der Waals surface area (Å²) in [5.74, 6) is -3.29. The van der Waals surface area contributed by atoms with E-state index >= 15 is 0 Å². The summed E-state index contributed by atoms with van der Waals surface area (Å²) in [4.78, 5) is 26.6. The maximum absolute atomic E-state index is 12.7. The summed E-state index contributed by atoms with van der Waals surface area (Å²) in [6, 6.07) is 5.30. The average Bonchev–Trinajstić information content (AvgIpc) is 2.79. The third kappa shape index (κ3) is 8.75. The highest BCUT2D eigenvalue weighted by molar-refractivity contribution is 7.92. The first-order chi connectivity index (χ1) is 16.7. The van der Waals surface area contributed by atoms with Crippen LogP contribution in [0.1, 0.15) is 37.0 Å². The van der Waals surface area contributed by atoms with Gasteiger partial charge in [-0.2, -0.15) is 13.2 Å². The molecule has 0 unspecified atom stereocenters. The van der Waals surface area contributed by atoms with Gasteiger partial charge in [0.2, 0.25) is 0 Å². The van der Waals surface area contributed by atoms with Crippen molar-refractivity contribution in [3.8, 4) is 5.75 Å². The zero-order valence-electron chi connectivity index (χ0n) is 19.5. The number of hydrogen-bond acceptors (Lipinski definition) is 7. The van der Waals surface area contributed by atoms with Gasteiger partial charge in [0, 0.05) is 13.1 Å². The number of aromatic carboxylic acids is 1. The maximum atomic E-state index is 12.7. The number of carbonyl (C=O) groups is 2. The lowest BCUT2D eigenvalue weighted by atomic mass is 10.2. The number of nitrogens with zero attached hydrogens (tertiary/aromatic N) is 2. The standard InChI is InChI=1S/C19H24ClN3O5S.C2HF3O2/c1-4-6-9-23(5-2)18-15(19(24)25)10-13(12-21-18)22-29(26,27)14-7-8-17(28-3)16(20)11-14;3-2(4,5)1(6)7/h7-8,10-12,22H,4-6,9H2,1-3H3,(H,24,25);(H,6,7). The van der Waals surface area contributed by atoms with Crippen LogP contribution < -0.4 is 14.4 Å². The summed E-state index contributed by atoms with van der Waals surface area (Å²) < 4.78 is 64.4. The molecule has 1 aromatic heterocycles. The van der Waals surface area contributed by atoms with Crippen LogP contribution >= 0.6 is 11.6 Å². The minimum Gasteiger partial charge on any atom is -0.495 e. The number of unbranched alkanes of at least 4 members (excludes halogenated alkanes) is 1. The van der Waals surface area contributed by atoms with Gasteiger partial charge in [-0.05, 0) is 37.6 Å². The summed E-state index contributed by atoms with van der Waals surface area (Å²) in [5.41, 5.74) is -0.0273. The van der Waals surface area contributed by atoms with Crippen molar-refractivity contribution < 1.29 is 46.1 Å². The molecule has 0 radical (unpaired) electrons. The summed E-state index contributed by atoms with van der Waals surface area (Å²) in [6.07, 6.45) is -1.93. The lowest BCUT2D eigenvalue weighted by Crippen LogP contribution is -2.27. The second-order valence-electron chi connectivity index (χ2n) is 7.04. The fourth-order valence-corrected chi connectivity index (χ4v) is 4.10. The number of rotatable bonds is 10. The molecule has 0 spiro atoms. The Labute approximate surface area is 210 Å². The lowest BCUT2D eigenvalue weighted by molar-refractivity contribution is -0.192. The van der Waals surface area contributed by atoms with Crippen molar-refractivity contribution in [3.63, 3.8) is 0 Å². The van der Waals surface area contributed by atoms with Gasteiger partial charge in [0.05, 0.1) is 28.9 Å². The first-order valence-electron chi connectivity index (χ1n) is 10.3. The van der Waals surface area contributed by atoms with Crippen molar-refractivity contribution in [1.29, 1.82) is 0 Å². The molecule has 2 aromatic rings. The van der Waals surface area contributed by atoms with E-state index in [0.717, 1.165) is 12.8 Å². The number of aliphatic carboxylic acids is 1. The van der Waals surface area contributed by atoms with E-state index in [1.807, 2.05) is 18.7 Å². The highest BCUT2D eigenvalue weighted by atomic mass is 35.5. The Bertz CT molecular complexity index is 1180. The Kier molecular flexibility index (Phi) is 11.2. The van der Waals surface area contributed by atoms with Gasteiger partial charge < -0.3 is 19.8 Å². The molecule has 0 saturated heterocycles. The number of aromatic nitrogens is 1. The zero-order valence-corrected chi connectivity index (χ0v) is 21.0. The first-order valence-corrected chi connectivity index (χ1v) is 12.2. The summed E-state index contributed by atoms with van der Waals surface area (Å²) in [5, 5.41) is 16.9. The highest BCUT2D eigenvalue weighted by Crippen LogP contribution is 2.29. The second-order valence-corrected chi connectivity index (χ2v) is 9.13. The molecule has 0 bridgehead atoms. The van der Waals surface area contributed by atoms with Crippen molar-refractivity contribution in [1.82, 2.24) is 4.98 Å². The highest BCUT2D eigenvalue weighted by Gasteiger charge is 2.38. The van der Waals surface area contributed by atoms with Gasteiger partial charge in [-0.3, -0.25) is 4.72 Å². The Morgan fingerprint density at radius 3 is 2.25 bits per heavy atom. The molecular weight excluding hydrogens is 531 g/mol. The van der Waals surface area contributed by atoms with Crippen LogP contribution in [-0.4, -0.2) is 61.9 Å². The molecule has 10 nitrogen and oxygen atoms in total. The van der Waals surface area contributed by atoms with Crippen LogP contribution in [0, 0.1) is 0 Å². The number of ether oxygens (including phenoxy) is 1. The molecule has 2 rings (SSSR count). The fourth-order valence-electron chi connectivity index (χ4n) is 2.71. The maximum Gasteiger partial charge on any atom is 0.490 e. The number of methoxy groups -OCH3 is 1. The van der Waals surface area contributed by atoms with Crippen molar-refractivity contribution in [3.05, 3.63) is 41.0 Å². The van der Waals surface area contributed by atoms with Crippen molar-refractivity contribution >= 4 is 45.1 Å². The van der Waals surface area contributed by atoms with E-state index in [1.165, 1.54) is 37.6 Å². The SMILES string of the molecule is CCCCN(CC)c1ncc(NS(=O)(=O)c2ccc(OC)c(Cl)c2)cc1C(=O)O.O=C(O)C(F)(F)F. The van der Waals surface area contributed by atoms with Crippen LogP contribution in [0.3, 0.4) is 0 Å². The monoisotopic (exact) mass is 555 g/mol. The molecule has 0 aliphatic rings. The molecule has 0 aliphatic carbocycles. The van der Waals surface area contributed by atoms with Crippen LogP contribution in [0.4, 0.5) is 24.7 Å². The normalized spacial score (nSPS) is 11.2. The minimum atomic E-state index is -5.08. The van der Waals surface area contributed by atoms with Crippen molar-refractivity contribution in [2.45, 2.75) is 37.8 Å². The van der Waals surface area contributed by atoms with Crippen molar-refractivity contribution in [2.24, 2.45) is 0 Å². The summed E-state index contributed by atoms with van der Waals surface area (Å²) >= 11 is 6.01. The van der Waals surface area contributed by atoms with Gasteiger partial charge in [0.1, 0.15) is 17.1 Å². The van der Waals surface area contributed by atoms with Gasteiger partial charge in [0.15, 0.2) is 0 Å². The van der Waals surface area contributed by atoms with Gasteiger partial charge in [-0.15, -0.1) is 0 Å². The Balaban J connectivity index is 0.000000809. The fraction of sp³-hybridized carbons (Fsp3) is 0.381. The largest absolute Gasteiger partial charge is 0.495 e. The Morgan fingerprint density at radius 1 is 1.19 bits per heavy atom. The predicted molar refractivity (Wildman–Crippen MR) is 126 cm³/mol. The number of carboxylic acid groups (broad SMARTS) is 2. The number of nitrogens with one attached hydrogen (secondary N) is 1. The number of halogens is 4. The molecule has 0 atom stereocenters. The van der Waals surface area contributed by atoms with Crippen LogP contribution in [0.5, 0.6) is 5.75 Å². The van der Waals surface area contributed by atoms with E-state index in [0.29, 0.717) is 24.7 Å². The van der Waals surface area contributed by atoms with E-state index in [2.05, 4.69) is 9.71 Å². The number of carboxylic acids is 2. The minimum absolute atomic E-state index is 0.0460. The number of alkyl halides is 3. The molecule has 15 heteroatoms. The molecule has 1 heterocycles. The summed E-state index contributed by atoms with van der Waals surface area (Å²) in [7, 11) is -2.57. The van der Waals surface area contributed by atoms with E-state index in [1.54, 1.807) is 0 Å². The third-order valence-electron chi connectivity index (χ3n) is 4.49. The molecule has 36 heavy (non-hydrogen) atoms. The van der Waals surface area contributed by atoms with Crippen molar-refractivity contribution in [2.75, 3.05) is 29.8 Å².